The molecule has 1 fully saturated rings. The summed E-state index contributed by atoms with van der Waals surface area (Å²) in [6.45, 7) is 17.5. The molecule has 6 nitrogen and oxygen atoms in total. The molecule has 4 rings (SSSR count). The van der Waals surface area contributed by atoms with Gasteiger partial charge in [0, 0.05) is 11.6 Å². The van der Waals surface area contributed by atoms with Gasteiger partial charge in [-0.05, 0) is 140 Å². The largest absolute Gasteiger partial charge is 0.456 e. The number of hydrogen-bond donors (Lipinski definition) is 1. The Morgan fingerprint density at radius 2 is 1.54 bits per heavy atom. The average Bonchev–Trinajstić information content (AvgIpc) is 3.14. The number of esters is 1. The fourth-order valence-electron chi connectivity index (χ4n) is 5.76. The normalized spacial score (nSPS) is 18.6. The number of carbonyl (C=O) groups excluding carboxylic acids is 2. The number of nitrogens with one attached hydrogen (secondary N) is 1. The fraction of sp³-hybridized carbons (Fsp3) is 0.515. The SMILES string of the molecule is Cc1cc(C)c2c(ccn2C(=O)OC(C)(C)C)c1C[C@@H]1CCNCC[C@H]1c1ccc(C(=O)OC(C)(C)C)cc1. The second kappa shape index (κ2) is 11.2. The van der Waals surface area contributed by atoms with Gasteiger partial charge in [-0.1, -0.05) is 18.2 Å². The molecule has 2 atom stereocenters. The monoisotopic (exact) mass is 532 g/mol. The summed E-state index contributed by atoms with van der Waals surface area (Å²) in [5.41, 5.74) is 5.29. The van der Waals surface area contributed by atoms with E-state index in [4.69, 9.17) is 9.47 Å². The van der Waals surface area contributed by atoms with Crippen LogP contribution in [0.4, 0.5) is 4.79 Å². The molecule has 0 spiro atoms. The van der Waals surface area contributed by atoms with Crippen LogP contribution in [-0.4, -0.2) is 40.9 Å². The minimum Gasteiger partial charge on any atom is -0.456 e. The van der Waals surface area contributed by atoms with Crippen molar-refractivity contribution in [2.45, 2.75) is 91.8 Å². The maximum atomic E-state index is 13.0. The number of fused-ring (bicyclic) bond motifs is 1. The number of rotatable bonds is 4. The molecule has 1 aliphatic rings. The maximum absolute atomic E-state index is 13.0. The number of benzene rings is 2. The lowest BCUT2D eigenvalue weighted by atomic mass is 9.77. The zero-order valence-corrected chi connectivity index (χ0v) is 24.8. The van der Waals surface area contributed by atoms with Crippen LogP contribution in [0.1, 0.15) is 92.9 Å². The zero-order chi connectivity index (χ0) is 28.5. The van der Waals surface area contributed by atoms with Crippen molar-refractivity contribution in [3.05, 3.63) is 70.4 Å². The first kappa shape index (κ1) is 28.9. The number of nitrogens with zero attached hydrogens (tertiary/aromatic N) is 1. The van der Waals surface area contributed by atoms with Crippen molar-refractivity contribution in [1.29, 1.82) is 0 Å². The van der Waals surface area contributed by atoms with E-state index in [-0.39, 0.29) is 12.1 Å². The summed E-state index contributed by atoms with van der Waals surface area (Å²) in [5, 5.41) is 4.70. The minimum absolute atomic E-state index is 0.291. The van der Waals surface area contributed by atoms with E-state index in [0.717, 1.165) is 48.8 Å². The van der Waals surface area contributed by atoms with Gasteiger partial charge in [-0.3, -0.25) is 4.57 Å². The van der Waals surface area contributed by atoms with Crippen molar-refractivity contribution in [3.8, 4) is 0 Å². The number of hydrogen-bond acceptors (Lipinski definition) is 5. The molecule has 0 amide bonds. The summed E-state index contributed by atoms with van der Waals surface area (Å²) in [7, 11) is 0. The van der Waals surface area contributed by atoms with E-state index in [9.17, 15) is 9.59 Å². The van der Waals surface area contributed by atoms with E-state index in [1.807, 2.05) is 59.9 Å². The van der Waals surface area contributed by atoms with Crippen molar-refractivity contribution < 1.29 is 19.1 Å². The van der Waals surface area contributed by atoms with Gasteiger partial charge in [0.2, 0.25) is 0 Å². The van der Waals surface area contributed by atoms with Crippen molar-refractivity contribution in [1.82, 2.24) is 9.88 Å². The summed E-state index contributed by atoms with van der Waals surface area (Å²) in [6, 6.07) is 12.2. The molecular weight excluding hydrogens is 488 g/mol. The molecule has 0 bridgehead atoms. The van der Waals surface area contributed by atoms with Crippen LogP contribution in [0.3, 0.4) is 0 Å². The van der Waals surface area contributed by atoms with Crippen LogP contribution in [0.15, 0.2) is 42.6 Å². The second-order valence-corrected chi connectivity index (χ2v) is 12.9. The highest BCUT2D eigenvalue weighted by atomic mass is 16.6. The minimum atomic E-state index is -0.561. The Bertz CT molecular complexity index is 1340. The molecule has 0 saturated carbocycles. The zero-order valence-electron chi connectivity index (χ0n) is 24.8. The molecule has 39 heavy (non-hydrogen) atoms. The number of ether oxygens (including phenoxy) is 2. The molecule has 2 heterocycles. The third-order valence-corrected chi connectivity index (χ3v) is 7.42. The molecule has 1 aromatic heterocycles. The Balaban J connectivity index is 1.65. The maximum Gasteiger partial charge on any atom is 0.418 e. The van der Waals surface area contributed by atoms with Crippen molar-refractivity contribution >= 4 is 23.0 Å². The summed E-state index contributed by atoms with van der Waals surface area (Å²) < 4.78 is 12.9. The number of aryl methyl sites for hydroxylation is 2. The van der Waals surface area contributed by atoms with Crippen LogP contribution in [0, 0.1) is 19.8 Å². The Morgan fingerprint density at radius 3 is 2.18 bits per heavy atom. The summed E-state index contributed by atoms with van der Waals surface area (Å²) in [6.07, 6.45) is 4.50. The summed E-state index contributed by atoms with van der Waals surface area (Å²) in [4.78, 5) is 25.6. The molecule has 1 N–H and O–H groups in total. The van der Waals surface area contributed by atoms with Gasteiger partial charge in [0.05, 0.1) is 11.1 Å². The Morgan fingerprint density at radius 1 is 0.897 bits per heavy atom. The van der Waals surface area contributed by atoms with Gasteiger partial charge in [0.1, 0.15) is 11.2 Å². The van der Waals surface area contributed by atoms with Gasteiger partial charge in [-0.2, -0.15) is 0 Å². The fourth-order valence-corrected chi connectivity index (χ4v) is 5.76. The average molecular weight is 533 g/mol. The van der Waals surface area contributed by atoms with Gasteiger partial charge in [-0.15, -0.1) is 0 Å². The van der Waals surface area contributed by atoms with Gasteiger partial charge >= 0.3 is 12.1 Å². The Hall–Kier alpha value is -3.12. The third-order valence-electron chi connectivity index (χ3n) is 7.42. The molecule has 6 heteroatoms. The van der Waals surface area contributed by atoms with E-state index in [1.54, 1.807) is 4.57 Å². The van der Waals surface area contributed by atoms with Gasteiger partial charge in [-0.25, -0.2) is 9.59 Å². The summed E-state index contributed by atoms with van der Waals surface area (Å²) in [5.74, 6) is 0.485. The summed E-state index contributed by atoms with van der Waals surface area (Å²) >= 11 is 0. The van der Waals surface area contributed by atoms with Gasteiger partial charge in [0.25, 0.3) is 0 Å². The number of carbonyl (C=O) groups is 2. The van der Waals surface area contributed by atoms with Crippen molar-refractivity contribution in [2.24, 2.45) is 5.92 Å². The predicted octanol–water partition coefficient (Wildman–Crippen LogP) is 7.32. The standard InChI is InChI=1S/C33H44N2O4/c1-21-19-22(2)29-27(15-18-35(29)31(37)39-33(6,7)8)28(21)20-25-13-16-34-17-14-26(25)23-9-11-24(12-10-23)30(36)38-32(3,4)5/h9-12,15,18-19,25-26,34H,13-14,16-17,20H2,1-8H3/t25-,26-/m0/s1. The highest BCUT2D eigenvalue weighted by Crippen LogP contribution is 2.38. The first-order valence-corrected chi connectivity index (χ1v) is 14.1. The molecule has 1 saturated heterocycles. The molecule has 1 aliphatic heterocycles. The molecular formula is C33H44N2O4. The van der Waals surface area contributed by atoms with E-state index in [2.05, 4.69) is 43.4 Å². The molecule has 2 aromatic carbocycles. The van der Waals surface area contributed by atoms with Crippen LogP contribution >= 0.6 is 0 Å². The van der Waals surface area contributed by atoms with Crippen LogP contribution in [0.25, 0.3) is 10.9 Å². The first-order valence-electron chi connectivity index (χ1n) is 14.1. The van der Waals surface area contributed by atoms with E-state index >= 15 is 0 Å². The van der Waals surface area contributed by atoms with E-state index in [0.29, 0.717) is 17.4 Å². The van der Waals surface area contributed by atoms with Gasteiger partial charge in [0.15, 0.2) is 0 Å². The second-order valence-electron chi connectivity index (χ2n) is 12.9. The Kier molecular flexibility index (Phi) is 8.27. The molecule has 3 aromatic rings. The highest BCUT2D eigenvalue weighted by Gasteiger charge is 2.28. The Labute approximate surface area is 233 Å². The van der Waals surface area contributed by atoms with Crippen molar-refractivity contribution in [2.75, 3.05) is 13.1 Å². The van der Waals surface area contributed by atoms with Crippen LogP contribution in [0.2, 0.25) is 0 Å². The molecule has 0 aliphatic carbocycles. The van der Waals surface area contributed by atoms with Crippen LogP contribution in [-0.2, 0) is 15.9 Å². The molecule has 0 unspecified atom stereocenters. The van der Waals surface area contributed by atoms with Crippen molar-refractivity contribution in [3.63, 3.8) is 0 Å². The van der Waals surface area contributed by atoms with Gasteiger partial charge < -0.3 is 14.8 Å². The van der Waals surface area contributed by atoms with E-state index < -0.39 is 11.2 Å². The van der Waals surface area contributed by atoms with Crippen LogP contribution in [0.5, 0.6) is 0 Å². The quantitative estimate of drug-likeness (QED) is 0.357. The topological polar surface area (TPSA) is 69.6 Å². The molecule has 210 valence electrons. The lowest BCUT2D eigenvalue weighted by molar-refractivity contribution is 0.00692. The number of aromatic nitrogens is 1. The third kappa shape index (κ3) is 6.91. The van der Waals surface area contributed by atoms with Crippen LogP contribution < -0.4 is 5.32 Å². The highest BCUT2D eigenvalue weighted by molar-refractivity contribution is 5.94. The smallest absolute Gasteiger partial charge is 0.418 e. The predicted molar refractivity (Wildman–Crippen MR) is 157 cm³/mol. The first-order chi connectivity index (χ1) is 18.2. The lowest BCUT2D eigenvalue weighted by Gasteiger charge is -2.27. The van der Waals surface area contributed by atoms with E-state index in [1.165, 1.54) is 16.7 Å². The lowest BCUT2D eigenvalue weighted by Crippen LogP contribution is -2.26. The molecule has 0 radical (unpaired) electrons.